The van der Waals surface area contributed by atoms with Gasteiger partial charge in [-0.05, 0) is 56.4 Å². The summed E-state index contributed by atoms with van der Waals surface area (Å²) in [6.45, 7) is 5.71. The van der Waals surface area contributed by atoms with Crippen molar-refractivity contribution in [2.24, 2.45) is 28.6 Å². The second kappa shape index (κ2) is 4.12. The van der Waals surface area contributed by atoms with Crippen molar-refractivity contribution in [3.05, 3.63) is 12.2 Å². The fourth-order valence-electron chi connectivity index (χ4n) is 7.65. The maximum Gasteiger partial charge on any atom is 0.315 e. The minimum atomic E-state index is -1.19. The minimum Gasteiger partial charge on any atom is -0.481 e. The average molecular weight is 348 g/mol. The smallest absolute Gasteiger partial charge is 0.315 e. The minimum absolute atomic E-state index is 0.0936. The van der Waals surface area contributed by atoms with Crippen molar-refractivity contribution in [2.45, 2.75) is 62.8 Å². The van der Waals surface area contributed by atoms with Gasteiger partial charge in [0.1, 0.15) is 5.60 Å². The highest BCUT2D eigenvalue weighted by atomic mass is 16.6. The standard InChI is InChI=1S/C19H24O6/c1-9-7-17-8-18(9,24)5-3-10(17)19-6-4-11(20)16(2,15(23)25-19)13(19)12(17)14(21)22/h10-13,20,24H,1,3-8H2,2H3,(H,21,22)/t10?,11?,12?,13?,16-,17?,18+,19-/m1/s1. The van der Waals surface area contributed by atoms with Gasteiger partial charge in [0.05, 0.1) is 23.0 Å². The molecule has 5 aliphatic rings. The molecule has 5 fully saturated rings. The van der Waals surface area contributed by atoms with E-state index in [0.717, 1.165) is 0 Å². The van der Waals surface area contributed by atoms with E-state index < -0.39 is 51.9 Å². The molecule has 5 rings (SSSR count). The number of hydrogen-bond donors (Lipinski definition) is 3. The molecule has 0 aromatic heterocycles. The number of esters is 1. The summed E-state index contributed by atoms with van der Waals surface area (Å²) in [7, 11) is 0. The highest BCUT2D eigenvalue weighted by molar-refractivity contribution is 5.85. The highest BCUT2D eigenvalue weighted by Gasteiger charge is 2.84. The number of ether oxygens (including phenoxy) is 1. The van der Waals surface area contributed by atoms with Gasteiger partial charge in [0, 0.05) is 11.8 Å². The number of carboxylic acids is 1. The largest absolute Gasteiger partial charge is 0.481 e. The molecular formula is C19H24O6. The molecule has 4 saturated carbocycles. The van der Waals surface area contributed by atoms with Gasteiger partial charge in [0.2, 0.25) is 0 Å². The zero-order valence-electron chi connectivity index (χ0n) is 14.3. The topological polar surface area (TPSA) is 104 Å². The summed E-state index contributed by atoms with van der Waals surface area (Å²) in [5.74, 6) is -2.86. The Hall–Kier alpha value is -1.40. The number of aliphatic carboxylic acids is 1. The lowest BCUT2D eigenvalue weighted by Crippen LogP contribution is -2.53. The van der Waals surface area contributed by atoms with Gasteiger partial charge in [-0.1, -0.05) is 6.58 Å². The predicted molar refractivity (Wildman–Crippen MR) is 85.3 cm³/mol. The van der Waals surface area contributed by atoms with Crippen LogP contribution in [-0.2, 0) is 14.3 Å². The van der Waals surface area contributed by atoms with E-state index in [-0.39, 0.29) is 5.92 Å². The Morgan fingerprint density at radius 3 is 2.72 bits per heavy atom. The van der Waals surface area contributed by atoms with Crippen molar-refractivity contribution in [3.63, 3.8) is 0 Å². The lowest BCUT2D eigenvalue weighted by Gasteiger charge is -2.45. The van der Waals surface area contributed by atoms with Crippen molar-refractivity contribution in [1.82, 2.24) is 0 Å². The van der Waals surface area contributed by atoms with E-state index in [0.29, 0.717) is 44.1 Å². The van der Waals surface area contributed by atoms with Crippen LogP contribution >= 0.6 is 0 Å². The lowest BCUT2D eigenvalue weighted by molar-refractivity contribution is -0.164. The highest BCUT2D eigenvalue weighted by Crippen LogP contribution is 2.78. The van der Waals surface area contributed by atoms with Gasteiger partial charge < -0.3 is 20.1 Å². The molecule has 1 saturated heterocycles. The van der Waals surface area contributed by atoms with Crippen LogP contribution in [0.2, 0.25) is 0 Å². The van der Waals surface area contributed by atoms with Crippen LogP contribution < -0.4 is 0 Å². The first-order valence-electron chi connectivity index (χ1n) is 9.17. The molecule has 6 nitrogen and oxygen atoms in total. The first-order chi connectivity index (χ1) is 11.6. The molecule has 8 atom stereocenters. The molecule has 136 valence electrons. The SMILES string of the molecule is C=C1CC23C[C@@]1(O)CCC2[C@@]12CCC(O)[C@@](C)(C(=O)O1)C2C3C(=O)O. The van der Waals surface area contributed by atoms with Crippen LogP contribution in [0.25, 0.3) is 0 Å². The number of carbonyl (C=O) groups excluding carboxylic acids is 1. The third-order valence-electron chi connectivity index (χ3n) is 8.57. The summed E-state index contributed by atoms with van der Waals surface area (Å²) in [5, 5.41) is 31.7. The third-order valence-corrected chi connectivity index (χ3v) is 8.57. The average Bonchev–Trinajstić information content (AvgIpc) is 2.95. The van der Waals surface area contributed by atoms with Crippen molar-refractivity contribution >= 4 is 11.9 Å². The van der Waals surface area contributed by atoms with Crippen molar-refractivity contribution in [1.29, 1.82) is 0 Å². The summed E-state index contributed by atoms with van der Waals surface area (Å²) < 4.78 is 5.96. The van der Waals surface area contributed by atoms with Crippen LogP contribution in [0.4, 0.5) is 0 Å². The fraction of sp³-hybridized carbons (Fsp3) is 0.789. The molecule has 3 N–H and O–H groups in total. The summed E-state index contributed by atoms with van der Waals surface area (Å²) >= 11 is 0. The number of carbonyl (C=O) groups is 2. The zero-order valence-corrected chi connectivity index (χ0v) is 14.3. The maximum atomic E-state index is 12.7. The van der Waals surface area contributed by atoms with Gasteiger partial charge in [-0.15, -0.1) is 0 Å². The maximum absolute atomic E-state index is 12.7. The molecule has 0 amide bonds. The first-order valence-corrected chi connectivity index (χ1v) is 9.17. The Kier molecular flexibility index (Phi) is 2.61. The van der Waals surface area contributed by atoms with E-state index in [4.69, 9.17) is 4.74 Å². The number of aliphatic hydroxyl groups excluding tert-OH is 1. The van der Waals surface area contributed by atoms with Crippen LogP contribution in [0.5, 0.6) is 0 Å². The van der Waals surface area contributed by atoms with Crippen LogP contribution in [0.1, 0.15) is 45.4 Å². The molecule has 6 heteroatoms. The number of rotatable bonds is 1. The van der Waals surface area contributed by atoms with Gasteiger partial charge in [0.25, 0.3) is 0 Å². The van der Waals surface area contributed by atoms with Crippen LogP contribution in [0, 0.1) is 28.6 Å². The third kappa shape index (κ3) is 1.41. The molecule has 1 heterocycles. The lowest BCUT2D eigenvalue weighted by atomic mass is 9.59. The monoisotopic (exact) mass is 348 g/mol. The van der Waals surface area contributed by atoms with E-state index in [1.807, 2.05) is 0 Å². The molecule has 1 aliphatic heterocycles. The summed E-state index contributed by atoms with van der Waals surface area (Å²) in [5.41, 5.74) is -2.93. The van der Waals surface area contributed by atoms with Gasteiger partial charge in [-0.2, -0.15) is 0 Å². The van der Waals surface area contributed by atoms with Crippen LogP contribution in [-0.4, -0.2) is 44.6 Å². The molecule has 5 unspecified atom stereocenters. The van der Waals surface area contributed by atoms with Gasteiger partial charge in [-0.3, -0.25) is 9.59 Å². The normalized spacial score (nSPS) is 58.7. The first kappa shape index (κ1) is 15.8. The Labute approximate surface area is 145 Å². The zero-order chi connectivity index (χ0) is 18.0. The summed E-state index contributed by atoms with van der Waals surface area (Å²) in [6, 6.07) is 0. The van der Waals surface area contributed by atoms with E-state index in [9.17, 15) is 24.9 Å². The van der Waals surface area contributed by atoms with Crippen LogP contribution in [0.3, 0.4) is 0 Å². The summed E-state index contributed by atoms with van der Waals surface area (Å²) in [6.07, 6.45) is 2.08. The van der Waals surface area contributed by atoms with Gasteiger partial charge >= 0.3 is 11.9 Å². The molecule has 4 aliphatic carbocycles. The summed E-state index contributed by atoms with van der Waals surface area (Å²) in [4.78, 5) is 25.1. The molecule has 1 spiro atoms. The number of fused-ring (bicyclic) bond motifs is 1. The number of carboxylic acid groups (broad SMARTS) is 1. The Morgan fingerprint density at radius 1 is 1.32 bits per heavy atom. The van der Waals surface area contributed by atoms with E-state index in [2.05, 4.69) is 6.58 Å². The number of hydrogen-bond acceptors (Lipinski definition) is 5. The fourth-order valence-corrected chi connectivity index (χ4v) is 7.65. The van der Waals surface area contributed by atoms with E-state index >= 15 is 0 Å². The van der Waals surface area contributed by atoms with Gasteiger partial charge in [-0.25, -0.2) is 0 Å². The number of aliphatic hydroxyl groups is 2. The van der Waals surface area contributed by atoms with Crippen molar-refractivity contribution < 1.29 is 29.6 Å². The predicted octanol–water partition coefficient (Wildman–Crippen LogP) is 1.25. The molecule has 0 radical (unpaired) electrons. The Morgan fingerprint density at radius 2 is 2.04 bits per heavy atom. The second-order valence-electron chi connectivity index (χ2n) is 9.29. The van der Waals surface area contributed by atoms with Crippen LogP contribution in [0.15, 0.2) is 12.2 Å². The quantitative estimate of drug-likeness (QED) is 0.487. The molecule has 0 aromatic carbocycles. The second-order valence-corrected chi connectivity index (χ2v) is 9.29. The molecule has 0 aromatic rings. The molecule has 25 heavy (non-hydrogen) atoms. The Bertz CT molecular complexity index is 731. The van der Waals surface area contributed by atoms with E-state index in [1.165, 1.54) is 0 Å². The van der Waals surface area contributed by atoms with E-state index in [1.54, 1.807) is 6.92 Å². The Balaban J connectivity index is 1.76. The van der Waals surface area contributed by atoms with Crippen molar-refractivity contribution in [2.75, 3.05) is 0 Å². The molecular weight excluding hydrogens is 324 g/mol. The van der Waals surface area contributed by atoms with Crippen molar-refractivity contribution in [3.8, 4) is 0 Å². The van der Waals surface area contributed by atoms with Gasteiger partial charge in [0.15, 0.2) is 0 Å². The molecule has 4 bridgehead atoms.